The van der Waals surface area contributed by atoms with Crippen LogP contribution in [0.4, 0.5) is 0 Å². The molecule has 1 aliphatic rings. The smallest absolute Gasteiger partial charge is 0.253 e. The van der Waals surface area contributed by atoms with E-state index in [2.05, 4.69) is 5.32 Å². The zero-order chi connectivity index (χ0) is 22.9. The Kier molecular flexibility index (Phi) is 6.46. The van der Waals surface area contributed by atoms with E-state index in [-0.39, 0.29) is 15.5 Å². The summed E-state index contributed by atoms with van der Waals surface area (Å²) in [5.41, 5.74) is 0.715. The van der Waals surface area contributed by atoms with Gasteiger partial charge in [-0.2, -0.15) is 4.31 Å². The van der Waals surface area contributed by atoms with Crippen molar-refractivity contribution in [2.24, 2.45) is 0 Å². The monoisotopic (exact) mass is 476 g/mol. The number of benzene rings is 2. The zero-order valence-corrected chi connectivity index (χ0v) is 19.5. The van der Waals surface area contributed by atoms with Crippen molar-refractivity contribution in [2.75, 3.05) is 19.7 Å². The highest BCUT2D eigenvalue weighted by atomic mass is 35.5. The third-order valence-electron chi connectivity index (χ3n) is 5.49. The summed E-state index contributed by atoms with van der Waals surface area (Å²) in [4.78, 5) is 13.0. The fourth-order valence-electron chi connectivity index (χ4n) is 3.80. The molecule has 0 spiro atoms. The molecule has 7 nitrogen and oxygen atoms in total. The number of sulfonamides is 1. The maximum Gasteiger partial charge on any atom is 0.253 e. The van der Waals surface area contributed by atoms with Crippen LogP contribution in [0, 0.1) is 0 Å². The molecule has 2 heterocycles. The van der Waals surface area contributed by atoms with Crippen LogP contribution in [0.25, 0.3) is 11.0 Å². The molecule has 1 unspecified atom stereocenters. The third kappa shape index (κ3) is 4.35. The summed E-state index contributed by atoms with van der Waals surface area (Å²) in [6, 6.07) is 11.2. The summed E-state index contributed by atoms with van der Waals surface area (Å²) in [5.74, 6) is 0.710. The Morgan fingerprint density at radius 2 is 1.97 bits per heavy atom. The van der Waals surface area contributed by atoms with Gasteiger partial charge in [0.2, 0.25) is 10.0 Å². The zero-order valence-electron chi connectivity index (χ0n) is 17.9. The lowest BCUT2D eigenvalue weighted by atomic mass is 10.1. The molecule has 3 aromatic rings. The van der Waals surface area contributed by atoms with Crippen molar-refractivity contribution >= 4 is 38.5 Å². The number of ether oxygens (including phenoxy) is 1. The SMILES string of the molecule is CCOc1cccc2cc(C(C)NC(=O)c3cc(S(=O)(=O)N4CCCC4)ccc3Cl)oc12. The molecule has 0 bridgehead atoms. The lowest BCUT2D eigenvalue weighted by Crippen LogP contribution is -2.29. The molecule has 9 heteroatoms. The number of nitrogens with one attached hydrogen (secondary N) is 1. The van der Waals surface area contributed by atoms with Gasteiger partial charge in [0.05, 0.1) is 28.1 Å². The van der Waals surface area contributed by atoms with Crippen LogP contribution in [0.2, 0.25) is 5.02 Å². The highest BCUT2D eigenvalue weighted by Gasteiger charge is 2.28. The number of hydrogen-bond acceptors (Lipinski definition) is 5. The van der Waals surface area contributed by atoms with E-state index in [1.165, 1.54) is 22.5 Å². The van der Waals surface area contributed by atoms with Crippen LogP contribution in [0.1, 0.15) is 48.8 Å². The second kappa shape index (κ2) is 9.13. The van der Waals surface area contributed by atoms with Gasteiger partial charge in [-0.15, -0.1) is 0 Å². The lowest BCUT2D eigenvalue weighted by Gasteiger charge is -2.17. The van der Waals surface area contributed by atoms with E-state index in [9.17, 15) is 13.2 Å². The van der Waals surface area contributed by atoms with Gasteiger partial charge in [0.1, 0.15) is 5.76 Å². The molecule has 32 heavy (non-hydrogen) atoms. The van der Waals surface area contributed by atoms with Crippen molar-refractivity contribution in [3.8, 4) is 5.75 Å². The van der Waals surface area contributed by atoms with E-state index in [1.54, 1.807) is 6.92 Å². The van der Waals surface area contributed by atoms with E-state index in [1.807, 2.05) is 31.2 Å². The largest absolute Gasteiger partial charge is 0.490 e. The minimum atomic E-state index is -3.66. The van der Waals surface area contributed by atoms with Crippen molar-refractivity contribution < 1.29 is 22.4 Å². The molecule has 0 radical (unpaired) electrons. The molecule has 1 saturated heterocycles. The highest BCUT2D eigenvalue weighted by Crippen LogP contribution is 2.32. The molecule has 0 aliphatic carbocycles. The van der Waals surface area contributed by atoms with Crippen molar-refractivity contribution in [2.45, 2.75) is 37.6 Å². The van der Waals surface area contributed by atoms with Crippen LogP contribution in [-0.2, 0) is 10.0 Å². The maximum atomic E-state index is 13.0. The Morgan fingerprint density at radius 3 is 2.69 bits per heavy atom. The summed E-state index contributed by atoms with van der Waals surface area (Å²) in [6.45, 7) is 5.16. The molecule has 1 aromatic heterocycles. The van der Waals surface area contributed by atoms with Gasteiger partial charge >= 0.3 is 0 Å². The fourth-order valence-corrected chi connectivity index (χ4v) is 5.55. The first-order chi connectivity index (χ1) is 15.3. The first-order valence-electron chi connectivity index (χ1n) is 10.6. The molecule has 1 aliphatic heterocycles. The van der Waals surface area contributed by atoms with Gasteiger partial charge < -0.3 is 14.5 Å². The molecule has 0 saturated carbocycles. The molecule has 4 rings (SSSR count). The Bertz CT molecular complexity index is 1250. The normalized spacial score (nSPS) is 15.7. The second-order valence-corrected chi connectivity index (χ2v) is 10.0. The predicted octanol–water partition coefficient (Wildman–Crippen LogP) is 4.76. The number of amides is 1. The number of rotatable bonds is 7. The van der Waals surface area contributed by atoms with Gasteiger partial charge in [-0.25, -0.2) is 8.42 Å². The van der Waals surface area contributed by atoms with Gasteiger partial charge in [-0.05, 0) is 57.0 Å². The number of hydrogen-bond donors (Lipinski definition) is 1. The van der Waals surface area contributed by atoms with E-state index >= 15 is 0 Å². The molecule has 2 aromatic carbocycles. The number of halogens is 1. The van der Waals surface area contributed by atoms with Crippen LogP contribution >= 0.6 is 11.6 Å². The second-order valence-electron chi connectivity index (χ2n) is 7.70. The Balaban J connectivity index is 1.57. The first-order valence-corrected chi connectivity index (χ1v) is 12.4. The van der Waals surface area contributed by atoms with Crippen molar-refractivity contribution in [1.82, 2.24) is 9.62 Å². The van der Waals surface area contributed by atoms with E-state index in [4.69, 9.17) is 20.8 Å². The van der Waals surface area contributed by atoms with Crippen molar-refractivity contribution in [3.05, 3.63) is 58.8 Å². The van der Waals surface area contributed by atoms with E-state index < -0.39 is 22.0 Å². The van der Waals surface area contributed by atoms with Crippen LogP contribution in [0.15, 0.2) is 51.8 Å². The average molecular weight is 477 g/mol. The predicted molar refractivity (Wildman–Crippen MR) is 123 cm³/mol. The van der Waals surface area contributed by atoms with Gasteiger partial charge in [-0.1, -0.05) is 23.7 Å². The number of fused-ring (bicyclic) bond motifs is 1. The van der Waals surface area contributed by atoms with E-state index in [0.717, 1.165) is 18.2 Å². The topological polar surface area (TPSA) is 88.8 Å². The molecular weight excluding hydrogens is 452 g/mol. The Morgan fingerprint density at radius 1 is 1.22 bits per heavy atom. The van der Waals surface area contributed by atoms with Gasteiger partial charge in [0.25, 0.3) is 5.91 Å². The summed E-state index contributed by atoms with van der Waals surface area (Å²) in [6.07, 6.45) is 1.67. The molecule has 1 atom stereocenters. The van der Waals surface area contributed by atoms with Crippen molar-refractivity contribution in [1.29, 1.82) is 0 Å². The number of carbonyl (C=O) groups excluding carboxylic acids is 1. The third-order valence-corrected chi connectivity index (χ3v) is 7.71. The van der Waals surface area contributed by atoms with Gasteiger partial charge in [-0.3, -0.25) is 4.79 Å². The van der Waals surface area contributed by atoms with Crippen LogP contribution in [0.5, 0.6) is 5.75 Å². The van der Waals surface area contributed by atoms with Crippen LogP contribution < -0.4 is 10.1 Å². The summed E-state index contributed by atoms with van der Waals surface area (Å²) in [5, 5.41) is 3.89. The quantitative estimate of drug-likeness (QED) is 0.531. The number of nitrogens with zero attached hydrogens (tertiary/aromatic N) is 1. The maximum absolute atomic E-state index is 13.0. The lowest BCUT2D eigenvalue weighted by molar-refractivity contribution is 0.0935. The van der Waals surface area contributed by atoms with Crippen molar-refractivity contribution in [3.63, 3.8) is 0 Å². The van der Waals surface area contributed by atoms with E-state index in [0.29, 0.717) is 36.8 Å². The molecule has 170 valence electrons. The summed E-state index contributed by atoms with van der Waals surface area (Å²) >= 11 is 6.24. The van der Waals surface area contributed by atoms with Gasteiger partial charge in [0, 0.05) is 18.5 Å². The number of para-hydroxylation sites is 1. The minimum Gasteiger partial charge on any atom is -0.490 e. The highest BCUT2D eigenvalue weighted by molar-refractivity contribution is 7.89. The standard InChI is InChI=1S/C23H25ClN2O5S/c1-3-30-20-8-6-7-16-13-21(31-22(16)20)15(2)25-23(27)18-14-17(9-10-19(18)24)32(28,29)26-11-4-5-12-26/h6-10,13-15H,3-5,11-12H2,1-2H3,(H,25,27). The summed E-state index contributed by atoms with van der Waals surface area (Å²) in [7, 11) is -3.66. The Labute approximate surface area is 192 Å². The molecule has 1 N–H and O–H groups in total. The van der Waals surface area contributed by atoms with Gasteiger partial charge in [0.15, 0.2) is 11.3 Å². The first kappa shape index (κ1) is 22.6. The molecule has 1 amide bonds. The summed E-state index contributed by atoms with van der Waals surface area (Å²) < 4.78 is 38.7. The fraction of sp³-hybridized carbons (Fsp3) is 0.348. The minimum absolute atomic E-state index is 0.0618. The average Bonchev–Trinajstić information content (AvgIpc) is 3.45. The number of carbonyl (C=O) groups is 1. The molecule has 1 fully saturated rings. The number of furan rings is 1. The molecular formula is C23H25ClN2O5S. The Hall–Kier alpha value is -2.55. The van der Waals surface area contributed by atoms with Crippen LogP contribution in [-0.4, -0.2) is 38.3 Å². The van der Waals surface area contributed by atoms with Crippen LogP contribution in [0.3, 0.4) is 0 Å².